The van der Waals surface area contributed by atoms with E-state index in [9.17, 15) is 59.3 Å². The molecule has 7 atom stereocenters. The van der Waals surface area contributed by atoms with Crippen molar-refractivity contribution < 1.29 is 72.2 Å². The number of nitrogens with one attached hydrogen (secondary N) is 2. The minimum absolute atomic E-state index is 0.0642. The SMILES string of the molecule is CC(C)(COP(=O)(O)O[P@](C)(=O)OC[C@H]1C[C@@H](n2cnc3c(N)ccnc32)[C@H](O)[C@@H]1OC(O)(O)O)[C@@H](O)C(=O)NCCC(=O)NCCC[N+](=O)[O-]. The molecule has 0 radical (unpaired) electrons. The van der Waals surface area contributed by atoms with Gasteiger partial charge in [-0.3, -0.25) is 33.5 Å². The number of pyridine rings is 1. The third-order valence-corrected chi connectivity index (χ3v) is 10.8. The van der Waals surface area contributed by atoms with E-state index in [-0.39, 0.29) is 44.5 Å². The number of fused-ring (bicyclic) bond motifs is 1. The first-order valence-corrected chi connectivity index (χ1v) is 18.9. The van der Waals surface area contributed by atoms with Crippen LogP contribution >= 0.6 is 15.4 Å². The van der Waals surface area contributed by atoms with Crippen molar-refractivity contribution in [1.29, 1.82) is 0 Å². The normalized spacial score (nSPS) is 22.6. The van der Waals surface area contributed by atoms with Crippen LogP contribution < -0.4 is 16.4 Å². The van der Waals surface area contributed by atoms with Gasteiger partial charge in [-0.05, 0) is 12.5 Å². The van der Waals surface area contributed by atoms with E-state index < -0.39 is 87.2 Å². The Hall–Kier alpha value is -3.18. The van der Waals surface area contributed by atoms with Gasteiger partial charge in [0.15, 0.2) is 5.65 Å². The topological polar surface area (TPSA) is 351 Å². The molecule has 23 nitrogen and oxygen atoms in total. The van der Waals surface area contributed by atoms with Crippen LogP contribution in [0.25, 0.3) is 11.2 Å². The van der Waals surface area contributed by atoms with Crippen LogP contribution in [0, 0.1) is 21.4 Å². The number of ether oxygens (including phenoxy) is 1. The van der Waals surface area contributed by atoms with Gasteiger partial charge in [0.1, 0.15) is 17.7 Å². The lowest BCUT2D eigenvalue weighted by Gasteiger charge is -2.30. The van der Waals surface area contributed by atoms with E-state index >= 15 is 0 Å². The average Bonchev–Trinajstić information content (AvgIpc) is 3.57. The van der Waals surface area contributed by atoms with Gasteiger partial charge in [0.05, 0.1) is 37.4 Å². The molecule has 288 valence electrons. The standard InChI is InChI=1S/C26H43N7O16P2/c1-25(2,22(36)24(37)30-9-6-18(34)28-7-4-10-33(41)42)13-47-51(44,45)49-50(3,43)46-12-15-11-17(20(35)21(15)48-26(38,39)40)32-14-31-19-16(27)5-8-29-23(19)32/h5,8,14-15,17,20-22,35-36,38-40H,4,6-7,9-13H2,1-3H3,(H2,27,29)(H,28,34)(H,30,37)(H,44,45)/t15-,17-,20+,21-,22+,50-/m1/s1. The van der Waals surface area contributed by atoms with E-state index in [0.29, 0.717) is 11.2 Å². The van der Waals surface area contributed by atoms with Gasteiger partial charge >= 0.3 is 21.6 Å². The minimum atomic E-state index is -5.20. The molecular formula is C26H43N7O16P2. The number of hydrogen-bond acceptors (Lipinski definition) is 18. The number of nitrogens with two attached hydrogens (primary N) is 1. The summed E-state index contributed by atoms with van der Waals surface area (Å²) in [5.74, 6) is -2.49. The fourth-order valence-electron chi connectivity index (χ4n) is 5.13. The van der Waals surface area contributed by atoms with Crippen LogP contribution in [0.1, 0.15) is 39.2 Å². The molecular weight excluding hydrogens is 728 g/mol. The highest BCUT2D eigenvalue weighted by atomic mass is 31.3. The van der Waals surface area contributed by atoms with Crippen molar-refractivity contribution in [3.8, 4) is 0 Å². The van der Waals surface area contributed by atoms with E-state index in [1.807, 2.05) is 0 Å². The number of hydrogen-bond donors (Lipinski definition) is 9. The fraction of sp³-hybridized carbons (Fsp3) is 0.692. The molecule has 2 amide bonds. The Kier molecular flexibility index (Phi) is 14.2. The summed E-state index contributed by atoms with van der Waals surface area (Å²) in [6.07, 6.45) is -6.03. The number of rotatable bonds is 20. The Bertz CT molecular complexity index is 1640. The lowest BCUT2D eigenvalue weighted by atomic mass is 9.87. The van der Waals surface area contributed by atoms with Crippen LogP contribution in [-0.4, -0.2) is 126 Å². The lowest BCUT2D eigenvalue weighted by Crippen LogP contribution is -2.46. The molecule has 2 aromatic heterocycles. The molecule has 0 spiro atoms. The zero-order valence-electron chi connectivity index (χ0n) is 27.8. The number of anilines is 1. The number of nitro groups is 1. The molecule has 1 aliphatic carbocycles. The first kappa shape index (κ1) is 42.2. The number of nitrogen functional groups attached to an aromatic ring is 1. The van der Waals surface area contributed by atoms with Crippen molar-refractivity contribution in [2.75, 3.05) is 45.2 Å². The molecule has 10 N–H and O–H groups in total. The second kappa shape index (κ2) is 17.1. The first-order chi connectivity index (χ1) is 23.5. The average molecular weight is 772 g/mol. The maximum Gasteiger partial charge on any atom is 0.479 e. The van der Waals surface area contributed by atoms with Gasteiger partial charge in [-0.15, -0.1) is 0 Å². The summed E-state index contributed by atoms with van der Waals surface area (Å²) < 4.78 is 47.1. The second-order valence-electron chi connectivity index (χ2n) is 12.5. The molecule has 1 fully saturated rings. The molecule has 1 aliphatic rings. The summed E-state index contributed by atoms with van der Waals surface area (Å²) in [5, 5.41) is 65.1. The molecule has 3 rings (SSSR count). The summed E-state index contributed by atoms with van der Waals surface area (Å²) in [6, 6.07) is 0.597. The molecule has 0 bridgehead atoms. The van der Waals surface area contributed by atoms with Crippen molar-refractivity contribution in [2.24, 2.45) is 11.3 Å². The monoisotopic (exact) mass is 771 g/mol. The van der Waals surface area contributed by atoms with Crippen LogP contribution in [0.4, 0.5) is 5.69 Å². The molecule has 2 aromatic rings. The third kappa shape index (κ3) is 12.5. The number of aliphatic hydroxyl groups is 5. The number of amides is 2. The van der Waals surface area contributed by atoms with Gasteiger partial charge < -0.3 is 55.9 Å². The van der Waals surface area contributed by atoms with Gasteiger partial charge in [-0.1, -0.05) is 13.8 Å². The molecule has 0 aliphatic heterocycles. The number of nitrogens with zero attached hydrogens (tertiary/aromatic N) is 4. The first-order valence-electron chi connectivity index (χ1n) is 15.4. The quantitative estimate of drug-likeness (QED) is 0.0245. The number of carbonyl (C=O) groups is 2. The largest absolute Gasteiger partial charge is 0.479 e. The highest BCUT2D eigenvalue weighted by molar-refractivity contribution is 7.64. The second-order valence-corrected chi connectivity index (χ2v) is 16.2. The van der Waals surface area contributed by atoms with E-state index in [1.54, 1.807) is 0 Å². The fourth-order valence-corrected chi connectivity index (χ4v) is 7.97. The highest BCUT2D eigenvalue weighted by Gasteiger charge is 2.49. The molecule has 0 saturated heterocycles. The van der Waals surface area contributed by atoms with Crippen LogP contribution in [0.5, 0.6) is 0 Å². The zero-order chi connectivity index (χ0) is 38.4. The van der Waals surface area contributed by atoms with Crippen molar-refractivity contribution in [3.63, 3.8) is 0 Å². The summed E-state index contributed by atoms with van der Waals surface area (Å²) >= 11 is 0. The summed E-state index contributed by atoms with van der Waals surface area (Å²) in [5.41, 5.74) is 5.28. The zero-order valence-corrected chi connectivity index (χ0v) is 29.6. The summed E-state index contributed by atoms with van der Waals surface area (Å²) in [7, 11) is -9.68. The van der Waals surface area contributed by atoms with Crippen LogP contribution in [-0.2, 0) is 36.8 Å². The van der Waals surface area contributed by atoms with Crippen LogP contribution in [0.15, 0.2) is 18.6 Å². The van der Waals surface area contributed by atoms with Gasteiger partial charge in [0.25, 0.3) is 0 Å². The minimum Gasteiger partial charge on any atom is -0.397 e. The molecule has 1 saturated carbocycles. The Balaban J connectivity index is 1.55. The van der Waals surface area contributed by atoms with E-state index in [2.05, 4.69) is 20.6 Å². The van der Waals surface area contributed by atoms with Crippen molar-refractivity contribution in [3.05, 3.63) is 28.7 Å². The maximum atomic E-state index is 13.1. The third-order valence-electron chi connectivity index (χ3n) is 7.74. The molecule has 1 unspecified atom stereocenters. The van der Waals surface area contributed by atoms with E-state index in [1.165, 1.54) is 37.0 Å². The van der Waals surface area contributed by atoms with Crippen LogP contribution in [0.3, 0.4) is 0 Å². The van der Waals surface area contributed by atoms with Gasteiger partial charge in [-0.2, -0.15) is 0 Å². The Morgan fingerprint density at radius 2 is 1.88 bits per heavy atom. The number of imidazole rings is 1. The predicted octanol–water partition coefficient (Wildman–Crippen LogP) is -1.44. The van der Waals surface area contributed by atoms with Crippen molar-refractivity contribution >= 4 is 44.1 Å². The molecule has 2 heterocycles. The predicted molar refractivity (Wildman–Crippen MR) is 173 cm³/mol. The number of phosphoric acid groups is 1. The Morgan fingerprint density at radius 1 is 1.20 bits per heavy atom. The Morgan fingerprint density at radius 3 is 2.53 bits per heavy atom. The van der Waals surface area contributed by atoms with Gasteiger partial charge in [0, 0.05) is 55.0 Å². The summed E-state index contributed by atoms with van der Waals surface area (Å²) in [6.45, 7) is 1.58. The molecule has 0 aromatic carbocycles. The molecule has 25 heteroatoms. The number of aromatic nitrogens is 3. The summed E-state index contributed by atoms with van der Waals surface area (Å²) in [4.78, 5) is 52.7. The smallest absolute Gasteiger partial charge is 0.397 e. The maximum absolute atomic E-state index is 13.1. The highest BCUT2D eigenvalue weighted by Crippen LogP contribution is 2.61. The van der Waals surface area contributed by atoms with Crippen LogP contribution in [0.2, 0.25) is 0 Å². The van der Waals surface area contributed by atoms with Gasteiger partial charge in [-0.25, -0.2) is 18.8 Å². The lowest BCUT2D eigenvalue weighted by molar-refractivity contribution is -0.480. The van der Waals surface area contributed by atoms with Crippen molar-refractivity contribution in [2.45, 2.75) is 63.6 Å². The Labute approximate surface area is 290 Å². The van der Waals surface area contributed by atoms with E-state index in [0.717, 1.165) is 6.66 Å². The molecule has 51 heavy (non-hydrogen) atoms. The van der Waals surface area contributed by atoms with Gasteiger partial charge in [0.2, 0.25) is 18.4 Å². The van der Waals surface area contributed by atoms with Crippen molar-refractivity contribution in [1.82, 2.24) is 25.2 Å². The van der Waals surface area contributed by atoms with E-state index in [4.69, 9.17) is 23.8 Å². The number of carbonyl (C=O) groups excluding carboxylic acids is 2. The number of aliphatic hydroxyl groups excluding tert-OH is 2. The number of phosphoric ester groups is 1.